The fourth-order valence-corrected chi connectivity index (χ4v) is 4.78. The van der Waals surface area contributed by atoms with Crippen LogP contribution in [0.15, 0.2) is 86.7 Å². The number of thiophene rings is 1. The zero-order valence-electron chi connectivity index (χ0n) is 17.3. The normalized spacial score (nSPS) is 13.0. The number of aliphatic imine (C=N–C) groups is 1. The summed E-state index contributed by atoms with van der Waals surface area (Å²) in [6.07, 6.45) is 1.61. The summed E-state index contributed by atoms with van der Waals surface area (Å²) in [5, 5.41) is 5.21. The maximum absolute atomic E-state index is 13.3. The summed E-state index contributed by atoms with van der Waals surface area (Å²) in [6.45, 7) is 5.25. The van der Waals surface area contributed by atoms with Gasteiger partial charge in [0, 0.05) is 27.0 Å². The first-order valence-corrected chi connectivity index (χ1v) is 10.9. The zero-order chi connectivity index (χ0) is 22.2. The third-order valence-corrected chi connectivity index (χ3v) is 6.50. The minimum Gasteiger partial charge on any atom is -0.306 e. The van der Waals surface area contributed by atoms with E-state index >= 15 is 0 Å². The van der Waals surface area contributed by atoms with E-state index in [1.165, 1.54) is 14.7 Å². The minimum atomic E-state index is -0.480. The van der Waals surface area contributed by atoms with Crippen molar-refractivity contribution in [3.05, 3.63) is 103 Å². The van der Waals surface area contributed by atoms with Gasteiger partial charge in [-0.05, 0) is 65.9 Å². The number of rotatable bonds is 3. The second-order valence-electron chi connectivity index (χ2n) is 7.49. The zero-order valence-corrected chi connectivity index (χ0v) is 18.1. The Morgan fingerprint density at radius 1 is 1.03 bits per heavy atom. The van der Waals surface area contributed by atoms with Crippen LogP contribution in [-0.4, -0.2) is 16.3 Å². The van der Waals surface area contributed by atoms with E-state index in [-0.39, 0.29) is 5.56 Å². The van der Waals surface area contributed by atoms with E-state index in [4.69, 9.17) is 0 Å². The number of hydrogen-bond donors (Lipinski definition) is 1. The maximum atomic E-state index is 13.3. The number of H-pyrrole nitrogens is 1. The van der Waals surface area contributed by atoms with Gasteiger partial charge in [0.1, 0.15) is 0 Å². The van der Waals surface area contributed by atoms with Crippen molar-refractivity contribution in [2.75, 3.05) is 0 Å². The smallest absolute Gasteiger partial charge is 0.306 e. The van der Waals surface area contributed by atoms with Gasteiger partial charge in [0.25, 0.3) is 5.56 Å². The molecule has 5 aromatic rings. The number of aromatic amines is 1. The summed E-state index contributed by atoms with van der Waals surface area (Å²) in [5.41, 5.74) is 2.18. The molecule has 0 aliphatic heterocycles. The molecule has 0 amide bonds. The van der Waals surface area contributed by atoms with Gasteiger partial charge in [0.2, 0.25) is 0 Å². The van der Waals surface area contributed by atoms with E-state index in [1.807, 2.05) is 36.4 Å². The van der Waals surface area contributed by atoms with Gasteiger partial charge in [0.15, 0.2) is 0 Å². The monoisotopic (exact) mass is 437 g/mol. The number of hydrogen-bond acceptors (Lipinski definition) is 4. The lowest BCUT2D eigenvalue weighted by atomic mass is 10.0. The molecule has 32 heavy (non-hydrogen) atoms. The molecule has 1 N–H and O–H groups in total. The summed E-state index contributed by atoms with van der Waals surface area (Å²) < 4.78 is 2.40. The molecule has 0 saturated heterocycles. The molecule has 0 aliphatic rings. The van der Waals surface area contributed by atoms with Gasteiger partial charge in [-0.2, -0.15) is 0 Å². The van der Waals surface area contributed by atoms with Gasteiger partial charge >= 0.3 is 5.69 Å². The van der Waals surface area contributed by atoms with Crippen LogP contribution in [0.4, 0.5) is 0 Å². The first-order chi connectivity index (χ1) is 15.6. The molecule has 156 valence electrons. The minimum absolute atomic E-state index is 0.359. The van der Waals surface area contributed by atoms with Crippen molar-refractivity contribution in [3.8, 4) is 11.1 Å². The van der Waals surface area contributed by atoms with Crippen molar-refractivity contribution in [1.29, 1.82) is 0 Å². The van der Waals surface area contributed by atoms with Crippen molar-refractivity contribution in [3.63, 3.8) is 0 Å². The SMILES string of the molecule is C=N/C=c1/cccc/c1=C(/C)n1c(=O)[nH]c2cc(-c3ccc4sccc4c3)ccc2c1=O. The van der Waals surface area contributed by atoms with Gasteiger partial charge in [-0.15, -0.1) is 11.3 Å². The predicted molar refractivity (Wildman–Crippen MR) is 134 cm³/mol. The van der Waals surface area contributed by atoms with Gasteiger partial charge in [0.05, 0.1) is 10.9 Å². The highest BCUT2D eigenvalue weighted by atomic mass is 32.1. The molecule has 5 nitrogen and oxygen atoms in total. The van der Waals surface area contributed by atoms with Crippen molar-refractivity contribution in [1.82, 2.24) is 9.55 Å². The van der Waals surface area contributed by atoms with E-state index in [1.54, 1.807) is 30.5 Å². The van der Waals surface area contributed by atoms with Crippen molar-refractivity contribution >= 4 is 50.9 Å². The largest absolute Gasteiger partial charge is 0.333 e. The van der Waals surface area contributed by atoms with Crippen LogP contribution in [0.2, 0.25) is 0 Å². The lowest BCUT2D eigenvalue weighted by molar-refractivity contribution is 0.908. The number of benzene rings is 3. The molecule has 2 aromatic heterocycles. The molecular weight excluding hydrogens is 418 g/mol. The standard InChI is InChI=1S/C26H19N3O2S/c1-16(21-6-4-3-5-20(21)15-27-2)29-25(30)22-9-7-18(14-23(22)28-26(29)31)17-8-10-24-19(13-17)11-12-32-24/h3-15H,2H2,1H3,(H,28,31)/b20-15-,21-16+. The Kier molecular flexibility index (Phi) is 4.92. The second kappa shape index (κ2) is 7.90. The first kappa shape index (κ1) is 19.9. The summed E-state index contributed by atoms with van der Waals surface area (Å²) in [4.78, 5) is 33.0. The number of aromatic nitrogens is 2. The molecule has 2 heterocycles. The van der Waals surface area contributed by atoms with Crippen LogP contribution in [0, 0.1) is 0 Å². The van der Waals surface area contributed by atoms with Crippen LogP contribution < -0.4 is 21.7 Å². The quantitative estimate of drug-likeness (QED) is 0.438. The third kappa shape index (κ3) is 3.31. The molecule has 0 unspecified atom stereocenters. The predicted octanol–water partition coefficient (Wildman–Crippen LogP) is 3.69. The van der Waals surface area contributed by atoms with E-state index in [2.05, 4.69) is 46.3 Å². The Labute approximate surface area is 186 Å². The highest BCUT2D eigenvalue weighted by Crippen LogP contribution is 2.28. The fraction of sp³-hybridized carbons (Fsp3) is 0.0385. The Hall–Kier alpha value is -4.03. The number of fused-ring (bicyclic) bond motifs is 2. The molecular formula is C26H19N3O2S. The molecule has 0 radical (unpaired) electrons. The lowest BCUT2D eigenvalue weighted by Gasteiger charge is -2.09. The van der Waals surface area contributed by atoms with Crippen molar-refractivity contribution in [2.24, 2.45) is 4.99 Å². The van der Waals surface area contributed by atoms with Gasteiger partial charge in [-0.3, -0.25) is 9.79 Å². The Morgan fingerprint density at radius 3 is 2.66 bits per heavy atom. The summed E-state index contributed by atoms with van der Waals surface area (Å²) >= 11 is 1.70. The van der Waals surface area contributed by atoms with Crippen LogP contribution in [0.3, 0.4) is 0 Å². The second-order valence-corrected chi connectivity index (χ2v) is 8.44. The maximum Gasteiger partial charge on any atom is 0.333 e. The molecule has 5 rings (SSSR count). The molecule has 0 fully saturated rings. The fourth-order valence-electron chi connectivity index (χ4n) is 4.01. The van der Waals surface area contributed by atoms with Crippen molar-refractivity contribution < 1.29 is 0 Å². The highest BCUT2D eigenvalue weighted by Gasteiger charge is 2.11. The number of nitrogens with zero attached hydrogens (tertiary/aromatic N) is 2. The molecule has 0 aliphatic carbocycles. The summed E-state index contributed by atoms with van der Waals surface area (Å²) in [6, 6.07) is 21.3. The van der Waals surface area contributed by atoms with Crippen LogP contribution in [0.1, 0.15) is 6.92 Å². The molecule has 0 bridgehead atoms. The number of nitrogens with one attached hydrogen (secondary N) is 1. The molecule has 0 saturated carbocycles. The average molecular weight is 438 g/mol. The molecule has 6 heteroatoms. The van der Waals surface area contributed by atoms with Crippen molar-refractivity contribution in [2.45, 2.75) is 6.92 Å². The first-order valence-electron chi connectivity index (χ1n) is 10.1. The Morgan fingerprint density at radius 2 is 1.81 bits per heavy atom. The van der Waals surface area contributed by atoms with Gasteiger partial charge in [-0.1, -0.05) is 36.4 Å². The lowest BCUT2D eigenvalue weighted by Crippen LogP contribution is -2.39. The summed E-state index contributed by atoms with van der Waals surface area (Å²) in [5.74, 6) is 0. The molecule has 3 aromatic carbocycles. The van der Waals surface area contributed by atoms with E-state index in [9.17, 15) is 9.59 Å². The average Bonchev–Trinajstić information content (AvgIpc) is 3.27. The Balaban J connectivity index is 1.73. The van der Waals surface area contributed by atoms with E-state index in [0.717, 1.165) is 21.6 Å². The molecule has 0 spiro atoms. The topological polar surface area (TPSA) is 67.2 Å². The van der Waals surface area contributed by atoms with Crippen LogP contribution >= 0.6 is 11.3 Å². The van der Waals surface area contributed by atoms with Crippen LogP contribution in [0.25, 0.3) is 44.0 Å². The van der Waals surface area contributed by atoms with Gasteiger partial charge in [-0.25, -0.2) is 9.36 Å². The highest BCUT2D eigenvalue weighted by molar-refractivity contribution is 7.17. The van der Waals surface area contributed by atoms with Crippen LogP contribution in [0.5, 0.6) is 0 Å². The summed E-state index contributed by atoms with van der Waals surface area (Å²) in [7, 11) is 0. The Bertz CT molecular complexity index is 1760. The third-order valence-electron chi connectivity index (χ3n) is 5.60. The van der Waals surface area contributed by atoms with Crippen LogP contribution in [-0.2, 0) is 0 Å². The molecule has 0 atom stereocenters. The van der Waals surface area contributed by atoms with Gasteiger partial charge < -0.3 is 4.98 Å². The van der Waals surface area contributed by atoms with E-state index in [0.29, 0.717) is 16.6 Å². The van der Waals surface area contributed by atoms with E-state index < -0.39 is 5.69 Å².